The van der Waals surface area contributed by atoms with E-state index in [-0.39, 0.29) is 0 Å². The fraction of sp³-hybridized carbons (Fsp3) is 0.0577. The zero-order valence-electron chi connectivity index (χ0n) is 30.6. The molecule has 1 atom stereocenters. The number of nitrogens with zero attached hydrogens (tertiary/aromatic N) is 3. The van der Waals surface area contributed by atoms with Crippen LogP contribution in [-0.2, 0) is 5.41 Å². The topological polar surface area (TPSA) is 47.9 Å². The maximum atomic E-state index is 6.67. The second-order valence-electron chi connectivity index (χ2n) is 14.6. The van der Waals surface area contributed by atoms with E-state index < -0.39 is 5.41 Å². The van der Waals surface area contributed by atoms with Gasteiger partial charge in [0.15, 0.2) is 17.5 Å². The first-order valence-corrected chi connectivity index (χ1v) is 19.2. The number of ether oxygens (including phenoxy) is 1. The molecule has 264 valence electrons. The SMILES string of the molecule is C1=CC2=C(CC1)C1(c3ccccc3Oc3ccc(-c4ccc(-c5ccc(-c6nc(-c7ccccc7)nc(-c7ccccc7)n6)cc5)cc4)cc31)c1ccccc12. The lowest BCUT2D eigenvalue weighted by Crippen LogP contribution is -2.33. The summed E-state index contributed by atoms with van der Waals surface area (Å²) in [6.45, 7) is 0. The number of hydrogen-bond donors (Lipinski definition) is 0. The summed E-state index contributed by atoms with van der Waals surface area (Å²) in [6.07, 6.45) is 6.71. The van der Waals surface area contributed by atoms with Crippen LogP contribution in [0.15, 0.2) is 194 Å². The van der Waals surface area contributed by atoms with E-state index in [2.05, 4.69) is 127 Å². The maximum Gasteiger partial charge on any atom is 0.164 e. The molecule has 0 fully saturated rings. The number of rotatable bonds is 5. The van der Waals surface area contributed by atoms with Crippen molar-refractivity contribution in [3.63, 3.8) is 0 Å². The zero-order valence-corrected chi connectivity index (χ0v) is 30.6. The van der Waals surface area contributed by atoms with Gasteiger partial charge in [0.25, 0.3) is 0 Å². The number of benzene rings is 7. The Hall–Kier alpha value is -7.17. The average molecular weight is 718 g/mol. The van der Waals surface area contributed by atoms with Gasteiger partial charge in [-0.25, -0.2) is 15.0 Å². The predicted octanol–water partition coefficient (Wildman–Crippen LogP) is 12.8. The van der Waals surface area contributed by atoms with E-state index >= 15 is 0 Å². The maximum absolute atomic E-state index is 6.67. The highest BCUT2D eigenvalue weighted by Crippen LogP contribution is 2.63. The number of hydrogen-bond acceptors (Lipinski definition) is 4. The van der Waals surface area contributed by atoms with Gasteiger partial charge < -0.3 is 4.74 Å². The van der Waals surface area contributed by atoms with Crippen LogP contribution in [0.5, 0.6) is 11.5 Å². The summed E-state index contributed by atoms with van der Waals surface area (Å²) in [5.74, 6) is 3.82. The Bertz CT molecular complexity index is 2800. The third-order valence-corrected chi connectivity index (χ3v) is 11.5. The average Bonchev–Trinajstić information content (AvgIpc) is 3.57. The van der Waals surface area contributed by atoms with Gasteiger partial charge in [0.05, 0.1) is 5.41 Å². The van der Waals surface area contributed by atoms with Crippen molar-refractivity contribution in [3.05, 3.63) is 216 Å². The van der Waals surface area contributed by atoms with E-state index in [0.29, 0.717) is 17.5 Å². The first-order chi connectivity index (χ1) is 27.7. The molecule has 1 spiro atoms. The van der Waals surface area contributed by atoms with Crippen LogP contribution >= 0.6 is 0 Å². The van der Waals surface area contributed by atoms with Crippen molar-refractivity contribution in [2.75, 3.05) is 0 Å². The van der Waals surface area contributed by atoms with Gasteiger partial charge in [0.1, 0.15) is 11.5 Å². The standard InChI is InChI=1S/C52H35N3O/c1-3-13-37(14-4-1)49-53-50(38-15-5-2-6-16-38)55-51(54-49)39-29-27-35(28-30-39)34-23-25-36(26-24-34)40-31-32-48-46(33-40)52(45-21-11-12-22-47(45)56-48)43-19-9-7-17-41(43)42-18-8-10-20-44(42)52/h1-9,11-19,21-33H,10,20H2. The van der Waals surface area contributed by atoms with Crippen molar-refractivity contribution in [2.45, 2.75) is 18.3 Å². The molecule has 0 amide bonds. The Morgan fingerprint density at radius 1 is 0.411 bits per heavy atom. The second kappa shape index (κ2) is 13.0. The number of allylic oxidation sites excluding steroid dienone is 4. The quantitative estimate of drug-likeness (QED) is 0.178. The summed E-state index contributed by atoms with van der Waals surface area (Å²) < 4.78 is 6.67. The highest BCUT2D eigenvalue weighted by molar-refractivity contribution is 5.92. The van der Waals surface area contributed by atoms with Crippen LogP contribution in [0.25, 0.3) is 62.0 Å². The third-order valence-electron chi connectivity index (χ3n) is 11.5. The van der Waals surface area contributed by atoms with Gasteiger partial charge in [-0.1, -0.05) is 170 Å². The van der Waals surface area contributed by atoms with Gasteiger partial charge in [0, 0.05) is 27.8 Å². The molecule has 0 bridgehead atoms. The number of aromatic nitrogens is 3. The molecule has 56 heavy (non-hydrogen) atoms. The molecule has 2 aliphatic carbocycles. The second-order valence-corrected chi connectivity index (χ2v) is 14.6. The summed E-state index contributed by atoms with van der Waals surface area (Å²) >= 11 is 0. The van der Waals surface area contributed by atoms with Gasteiger partial charge in [-0.3, -0.25) is 0 Å². The molecule has 3 aliphatic rings. The lowest BCUT2D eigenvalue weighted by Gasteiger charge is -2.41. The highest BCUT2D eigenvalue weighted by atomic mass is 16.5. The molecule has 0 radical (unpaired) electrons. The van der Waals surface area contributed by atoms with Crippen LogP contribution in [-0.4, -0.2) is 15.0 Å². The molecule has 4 nitrogen and oxygen atoms in total. The number of fused-ring (bicyclic) bond motifs is 8. The van der Waals surface area contributed by atoms with Crippen LogP contribution in [0.1, 0.15) is 35.1 Å². The van der Waals surface area contributed by atoms with E-state index in [4.69, 9.17) is 19.7 Å². The van der Waals surface area contributed by atoms with E-state index in [1.807, 2.05) is 60.7 Å². The Labute approximate surface area is 326 Å². The van der Waals surface area contributed by atoms with Crippen molar-refractivity contribution in [3.8, 4) is 67.9 Å². The van der Waals surface area contributed by atoms with Gasteiger partial charge in [-0.2, -0.15) is 0 Å². The minimum Gasteiger partial charge on any atom is -0.457 e. The molecule has 1 aliphatic heterocycles. The molecular weight excluding hydrogens is 683 g/mol. The van der Waals surface area contributed by atoms with E-state index in [0.717, 1.165) is 52.2 Å². The van der Waals surface area contributed by atoms with Crippen LogP contribution in [0.2, 0.25) is 0 Å². The molecule has 1 unspecified atom stereocenters. The smallest absolute Gasteiger partial charge is 0.164 e. The van der Waals surface area contributed by atoms with Crippen LogP contribution in [0, 0.1) is 0 Å². The van der Waals surface area contributed by atoms with Crippen LogP contribution < -0.4 is 4.74 Å². The molecule has 2 heterocycles. The Morgan fingerprint density at radius 3 is 1.54 bits per heavy atom. The van der Waals surface area contributed by atoms with Gasteiger partial charge in [-0.15, -0.1) is 0 Å². The van der Waals surface area contributed by atoms with Gasteiger partial charge in [-0.05, 0) is 75.6 Å². The van der Waals surface area contributed by atoms with E-state index in [1.165, 1.54) is 44.5 Å². The number of para-hydroxylation sites is 1. The lowest BCUT2D eigenvalue weighted by molar-refractivity contribution is 0.432. The van der Waals surface area contributed by atoms with Crippen LogP contribution in [0.3, 0.4) is 0 Å². The first kappa shape index (κ1) is 32.3. The summed E-state index contributed by atoms with van der Waals surface area (Å²) in [5.41, 5.74) is 15.0. The molecule has 7 aromatic carbocycles. The van der Waals surface area contributed by atoms with Crippen molar-refractivity contribution in [2.24, 2.45) is 0 Å². The molecule has 11 rings (SSSR count). The molecule has 0 saturated carbocycles. The Kier molecular flexibility index (Phi) is 7.49. The fourth-order valence-electron chi connectivity index (χ4n) is 8.95. The molecule has 0 saturated heterocycles. The molecule has 8 aromatic rings. The highest BCUT2D eigenvalue weighted by Gasteiger charge is 2.52. The molecule has 4 heteroatoms. The fourth-order valence-corrected chi connectivity index (χ4v) is 8.95. The normalized spacial score (nSPS) is 16.1. The largest absolute Gasteiger partial charge is 0.457 e. The first-order valence-electron chi connectivity index (χ1n) is 19.2. The lowest BCUT2D eigenvalue weighted by atomic mass is 9.64. The minimum atomic E-state index is -0.402. The van der Waals surface area contributed by atoms with Gasteiger partial charge >= 0.3 is 0 Å². The Morgan fingerprint density at radius 2 is 0.893 bits per heavy atom. The van der Waals surface area contributed by atoms with Gasteiger partial charge in [0.2, 0.25) is 0 Å². The molecular formula is C52H35N3O. The summed E-state index contributed by atoms with van der Waals surface area (Å²) in [7, 11) is 0. The van der Waals surface area contributed by atoms with E-state index in [9.17, 15) is 0 Å². The van der Waals surface area contributed by atoms with Crippen molar-refractivity contribution in [1.29, 1.82) is 0 Å². The molecule has 0 N–H and O–H groups in total. The molecule has 1 aromatic heterocycles. The van der Waals surface area contributed by atoms with Crippen molar-refractivity contribution in [1.82, 2.24) is 15.0 Å². The zero-order chi connectivity index (χ0) is 37.1. The van der Waals surface area contributed by atoms with Crippen LogP contribution in [0.4, 0.5) is 0 Å². The summed E-state index contributed by atoms with van der Waals surface area (Å²) in [5, 5.41) is 0. The predicted molar refractivity (Wildman–Crippen MR) is 225 cm³/mol. The van der Waals surface area contributed by atoms with Crippen molar-refractivity contribution < 1.29 is 4.74 Å². The summed E-state index contributed by atoms with van der Waals surface area (Å²) in [6, 6.07) is 61.9. The third kappa shape index (κ3) is 5.10. The monoisotopic (exact) mass is 717 g/mol. The van der Waals surface area contributed by atoms with E-state index in [1.54, 1.807) is 0 Å². The Balaban J connectivity index is 0.946. The van der Waals surface area contributed by atoms with Crippen molar-refractivity contribution >= 4 is 5.57 Å². The minimum absolute atomic E-state index is 0.402. The summed E-state index contributed by atoms with van der Waals surface area (Å²) in [4.78, 5) is 14.7.